The number of imidazole rings is 1. The van der Waals surface area contributed by atoms with Gasteiger partial charge in [-0.2, -0.15) is 0 Å². The van der Waals surface area contributed by atoms with E-state index in [1.54, 1.807) is 7.11 Å². The van der Waals surface area contributed by atoms with Crippen LogP contribution in [0.5, 0.6) is 5.75 Å². The van der Waals surface area contributed by atoms with Crippen molar-refractivity contribution in [1.29, 1.82) is 0 Å². The van der Waals surface area contributed by atoms with Gasteiger partial charge in [-0.05, 0) is 33.2 Å². The molecule has 0 spiro atoms. The first-order valence-electron chi connectivity index (χ1n) is 8.87. The smallest absolute Gasteiger partial charge is 0.128 e. The Bertz CT molecular complexity index is 695. The van der Waals surface area contributed by atoms with Gasteiger partial charge in [-0.25, -0.2) is 4.98 Å². The third kappa shape index (κ3) is 3.31. The summed E-state index contributed by atoms with van der Waals surface area (Å²) >= 11 is 0. The highest BCUT2D eigenvalue weighted by atomic mass is 16.5. The molecule has 0 aromatic carbocycles. The molecule has 3 heterocycles. The molecule has 0 aliphatic carbocycles. The number of likely N-dealkylation sites (tertiary alicyclic amines) is 1. The van der Waals surface area contributed by atoms with Crippen LogP contribution in [0.3, 0.4) is 0 Å². The molecule has 0 unspecified atom stereocenters. The topological polar surface area (TPSA) is 43.2 Å². The number of hydrogen-bond acceptors (Lipinski definition) is 4. The second-order valence-corrected chi connectivity index (χ2v) is 6.68. The van der Waals surface area contributed by atoms with Gasteiger partial charge in [-0.3, -0.25) is 9.88 Å². The first-order chi connectivity index (χ1) is 11.6. The summed E-state index contributed by atoms with van der Waals surface area (Å²) < 4.78 is 7.91. The highest BCUT2D eigenvalue weighted by Gasteiger charge is 2.23. The van der Waals surface area contributed by atoms with Crippen LogP contribution in [0, 0.1) is 13.8 Å². The first kappa shape index (κ1) is 17.0. The fourth-order valence-corrected chi connectivity index (χ4v) is 3.79. The normalized spacial score (nSPS) is 18.8. The molecule has 3 rings (SSSR count). The Hall–Kier alpha value is -1.88. The Morgan fingerprint density at radius 3 is 2.88 bits per heavy atom. The van der Waals surface area contributed by atoms with Gasteiger partial charge in [-0.1, -0.05) is 6.92 Å². The number of aromatic nitrogens is 3. The van der Waals surface area contributed by atoms with Crippen LogP contribution in [0.4, 0.5) is 0 Å². The summed E-state index contributed by atoms with van der Waals surface area (Å²) in [6.45, 7) is 9.40. The molecule has 0 amide bonds. The van der Waals surface area contributed by atoms with E-state index in [0.29, 0.717) is 6.04 Å². The van der Waals surface area contributed by atoms with Gasteiger partial charge in [0.15, 0.2) is 0 Å². The van der Waals surface area contributed by atoms with Crippen molar-refractivity contribution in [2.75, 3.05) is 20.2 Å². The van der Waals surface area contributed by atoms with E-state index in [2.05, 4.69) is 39.5 Å². The van der Waals surface area contributed by atoms with Crippen LogP contribution >= 0.6 is 0 Å². The van der Waals surface area contributed by atoms with Crippen molar-refractivity contribution in [3.63, 3.8) is 0 Å². The molecular formula is C19H28N4O. The van der Waals surface area contributed by atoms with Gasteiger partial charge < -0.3 is 9.30 Å². The zero-order chi connectivity index (χ0) is 17.1. The van der Waals surface area contributed by atoms with Gasteiger partial charge in [-0.15, -0.1) is 0 Å². The van der Waals surface area contributed by atoms with Gasteiger partial charge >= 0.3 is 0 Å². The summed E-state index contributed by atoms with van der Waals surface area (Å²) in [5.74, 6) is 2.16. The van der Waals surface area contributed by atoms with Crippen molar-refractivity contribution >= 4 is 0 Å². The molecular weight excluding hydrogens is 300 g/mol. The predicted octanol–water partition coefficient (Wildman–Crippen LogP) is 3.30. The molecule has 0 radical (unpaired) electrons. The summed E-state index contributed by atoms with van der Waals surface area (Å²) in [5.41, 5.74) is 3.39. The molecule has 0 N–H and O–H groups in total. The third-order valence-corrected chi connectivity index (χ3v) is 5.06. The van der Waals surface area contributed by atoms with E-state index in [4.69, 9.17) is 4.74 Å². The van der Waals surface area contributed by atoms with E-state index in [0.717, 1.165) is 48.6 Å². The Morgan fingerprint density at radius 2 is 2.12 bits per heavy atom. The number of ether oxygens (including phenoxy) is 1. The Morgan fingerprint density at radius 1 is 1.29 bits per heavy atom. The summed E-state index contributed by atoms with van der Waals surface area (Å²) in [6, 6.07) is 0.517. The lowest BCUT2D eigenvalue weighted by Crippen LogP contribution is -2.36. The molecule has 1 aliphatic rings. The van der Waals surface area contributed by atoms with Crippen LogP contribution in [0.15, 0.2) is 18.6 Å². The summed E-state index contributed by atoms with van der Waals surface area (Å²) in [5, 5.41) is 0. The van der Waals surface area contributed by atoms with Crippen molar-refractivity contribution in [2.24, 2.45) is 0 Å². The molecule has 0 bridgehead atoms. The molecule has 1 fully saturated rings. The molecule has 1 aliphatic heterocycles. The van der Waals surface area contributed by atoms with Crippen molar-refractivity contribution in [2.45, 2.75) is 52.6 Å². The number of nitrogens with zero attached hydrogens (tertiary/aromatic N) is 4. The number of piperidine rings is 1. The number of hydrogen-bond donors (Lipinski definition) is 0. The van der Waals surface area contributed by atoms with Gasteiger partial charge in [0.05, 0.1) is 12.8 Å². The largest absolute Gasteiger partial charge is 0.496 e. The Kier molecular flexibility index (Phi) is 5.19. The molecule has 5 nitrogen and oxygen atoms in total. The summed E-state index contributed by atoms with van der Waals surface area (Å²) in [6.07, 6.45) is 9.41. The van der Waals surface area contributed by atoms with E-state index in [1.165, 1.54) is 18.7 Å². The quantitative estimate of drug-likeness (QED) is 0.844. The average molecular weight is 328 g/mol. The van der Waals surface area contributed by atoms with Crippen LogP contribution in [-0.2, 0) is 13.0 Å². The molecule has 0 saturated carbocycles. The molecule has 2 aromatic heterocycles. The maximum absolute atomic E-state index is 5.54. The van der Waals surface area contributed by atoms with E-state index in [1.807, 2.05) is 19.3 Å². The monoisotopic (exact) mass is 328 g/mol. The van der Waals surface area contributed by atoms with E-state index in [9.17, 15) is 0 Å². The molecule has 130 valence electrons. The maximum Gasteiger partial charge on any atom is 0.128 e. The van der Waals surface area contributed by atoms with Crippen molar-refractivity contribution in [3.05, 3.63) is 41.2 Å². The molecule has 2 aromatic rings. The van der Waals surface area contributed by atoms with Crippen molar-refractivity contribution in [3.8, 4) is 5.75 Å². The van der Waals surface area contributed by atoms with Gasteiger partial charge in [0.25, 0.3) is 0 Å². The van der Waals surface area contributed by atoms with E-state index in [-0.39, 0.29) is 0 Å². The Labute approximate surface area is 144 Å². The average Bonchev–Trinajstić information content (AvgIpc) is 3.07. The zero-order valence-corrected chi connectivity index (χ0v) is 15.2. The fraction of sp³-hybridized carbons (Fsp3) is 0.579. The second kappa shape index (κ2) is 7.34. The van der Waals surface area contributed by atoms with Crippen molar-refractivity contribution in [1.82, 2.24) is 19.4 Å². The third-order valence-electron chi connectivity index (χ3n) is 5.06. The highest BCUT2D eigenvalue weighted by Crippen LogP contribution is 2.27. The summed E-state index contributed by atoms with van der Waals surface area (Å²) in [4.78, 5) is 11.7. The van der Waals surface area contributed by atoms with Crippen LogP contribution in [-0.4, -0.2) is 39.6 Å². The molecule has 1 saturated heterocycles. The van der Waals surface area contributed by atoms with Crippen LogP contribution < -0.4 is 4.74 Å². The van der Waals surface area contributed by atoms with E-state index < -0.39 is 0 Å². The van der Waals surface area contributed by atoms with Crippen LogP contribution in [0.1, 0.15) is 48.5 Å². The fourth-order valence-electron chi connectivity index (χ4n) is 3.79. The lowest BCUT2D eigenvalue weighted by atomic mass is 10.0. The lowest BCUT2D eigenvalue weighted by Gasteiger charge is -2.34. The van der Waals surface area contributed by atoms with Crippen LogP contribution in [0.2, 0.25) is 0 Å². The van der Waals surface area contributed by atoms with Gasteiger partial charge in [0.1, 0.15) is 11.6 Å². The SMILES string of the molecule is CCc1nccn1[C@H]1CCCN(Cc2ncc(C)c(OC)c2C)C1. The zero-order valence-electron chi connectivity index (χ0n) is 15.2. The minimum Gasteiger partial charge on any atom is -0.496 e. The van der Waals surface area contributed by atoms with E-state index >= 15 is 0 Å². The molecule has 5 heteroatoms. The van der Waals surface area contributed by atoms with Crippen LogP contribution in [0.25, 0.3) is 0 Å². The molecule has 24 heavy (non-hydrogen) atoms. The van der Waals surface area contributed by atoms with Gasteiger partial charge in [0.2, 0.25) is 0 Å². The summed E-state index contributed by atoms with van der Waals surface area (Å²) in [7, 11) is 1.74. The minimum absolute atomic E-state index is 0.517. The number of methoxy groups -OCH3 is 1. The lowest BCUT2D eigenvalue weighted by molar-refractivity contribution is 0.166. The predicted molar refractivity (Wildman–Crippen MR) is 95.4 cm³/mol. The standard InChI is InChI=1S/C19H28N4O/c1-5-18-20-8-10-23(18)16-7-6-9-22(12-16)13-17-15(3)19(24-4)14(2)11-21-17/h8,10-11,16H,5-7,9,12-13H2,1-4H3/t16-/m0/s1. The number of rotatable bonds is 5. The highest BCUT2D eigenvalue weighted by molar-refractivity contribution is 5.41. The molecule has 1 atom stereocenters. The maximum atomic E-state index is 5.54. The second-order valence-electron chi connectivity index (χ2n) is 6.68. The Balaban J connectivity index is 1.74. The minimum atomic E-state index is 0.517. The number of aryl methyl sites for hydroxylation is 2. The number of pyridine rings is 1. The van der Waals surface area contributed by atoms with Crippen molar-refractivity contribution < 1.29 is 4.74 Å². The first-order valence-corrected chi connectivity index (χ1v) is 8.87. The van der Waals surface area contributed by atoms with Gasteiger partial charge in [0, 0.05) is 55.3 Å².